The minimum absolute atomic E-state index is 0.0139. The van der Waals surface area contributed by atoms with E-state index in [0.29, 0.717) is 13.2 Å². The van der Waals surface area contributed by atoms with Gasteiger partial charge in [0.1, 0.15) is 31.0 Å². The van der Waals surface area contributed by atoms with Gasteiger partial charge >= 0.3 is 23.9 Å². The van der Waals surface area contributed by atoms with Gasteiger partial charge in [-0.1, -0.05) is 5.57 Å². The Kier molecular flexibility index (Phi) is 6.14. The summed E-state index contributed by atoms with van der Waals surface area (Å²) in [6.45, 7) is 2.08. The number of hydrogen-bond donors (Lipinski definition) is 2. The lowest BCUT2D eigenvalue weighted by atomic mass is 9.68. The number of carbonyl (C=O) groups excluding carboxylic acids is 4. The Bertz CT molecular complexity index is 909. The predicted molar refractivity (Wildman–Crippen MR) is 107 cm³/mol. The van der Waals surface area contributed by atoms with E-state index in [1.165, 1.54) is 0 Å². The van der Waals surface area contributed by atoms with Gasteiger partial charge in [-0.2, -0.15) is 0 Å². The van der Waals surface area contributed by atoms with E-state index in [2.05, 4.69) is 4.74 Å². The molecule has 1 saturated carbocycles. The number of fused-ring (bicyclic) bond motifs is 2. The van der Waals surface area contributed by atoms with Gasteiger partial charge in [0, 0.05) is 6.42 Å². The quantitative estimate of drug-likeness (QED) is 0.110. The molecule has 4 aliphatic rings. The fraction of sp³-hybridized carbons (Fsp3) is 0.667. The van der Waals surface area contributed by atoms with Crippen molar-refractivity contribution in [1.29, 1.82) is 5.41 Å². The number of epoxide rings is 2. The lowest BCUT2D eigenvalue weighted by Gasteiger charge is -2.40. The third-order valence-corrected chi connectivity index (χ3v) is 6.05. The number of ether oxygens (including phenoxy) is 6. The normalized spacial score (nSPS) is 33.4. The van der Waals surface area contributed by atoms with Crippen LogP contribution in [0, 0.1) is 16.7 Å². The van der Waals surface area contributed by atoms with Gasteiger partial charge in [0.05, 0.1) is 24.5 Å². The predicted octanol–water partition coefficient (Wildman–Crippen LogP) is -0.622. The molecule has 0 aromatic heterocycles. The highest BCUT2D eigenvalue weighted by molar-refractivity contribution is 6.33. The molecule has 33 heavy (non-hydrogen) atoms. The van der Waals surface area contributed by atoms with Crippen molar-refractivity contribution in [3.8, 4) is 0 Å². The molecular weight excluding hydrogens is 440 g/mol. The second-order valence-electron chi connectivity index (χ2n) is 8.98. The summed E-state index contributed by atoms with van der Waals surface area (Å²) in [5.41, 5.74) is 3.25. The summed E-state index contributed by atoms with van der Waals surface area (Å²) < 4.78 is 31.2. The Hall–Kier alpha value is -2.99. The van der Waals surface area contributed by atoms with Crippen molar-refractivity contribution in [2.24, 2.45) is 17.1 Å². The van der Waals surface area contributed by atoms with Gasteiger partial charge in [-0.15, -0.1) is 0 Å². The molecule has 0 aromatic carbocycles. The molecule has 2 saturated heterocycles. The minimum atomic E-state index is -1.27. The van der Waals surface area contributed by atoms with Crippen molar-refractivity contribution in [1.82, 2.24) is 0 Å². The summed E-state index contributed by atoms with van der Waals surface area (Å²) in [4.78, 5) is 49.8. The van der Waals surface area contributed by atoms with Crippen molar-refractivity contribution in [2.45, 2.75) is 44.0 Å². The van der Waals surface area contributed by atoms with Crippen LogP contribution in [0.15, 0.2) is 11.6 Å². The highest BCUT2D eigenvalue weighted by atomic mass is 16.6. The zero-order valence-corrected chi connectivity index (χ0v) is 18.1. The molecule has 0 spiro atoms. The number of rotatable bonds is 9. The maximum Gasteiger partial charge on any atom is 0.373 e. The number of carbonyl (C=O) groups is 4. The fourth-order valence-electron chi connectivity index (χ4n) is 4.53. The average molecular weight is 466 g/mol. The number of hydrogen-bond acceptors (Lipinski definition) is 11. The van der Waals surface area contributed by atoms with Crippen LogP contribution < -0.4 is 5.73 Å². The van der Waals surface area contributed by atoms with Crippen LogP contribution in [0.5, 0.6) is 0 Å². The smallest absolute Gasteiger partial charge is 0.373 e. The Labute approximate surface area is 189 Å². The molecule has 2 heterocycles. The van der Waals surface area contributed by atoms with Crippen molar-refractivity contribution >= 4 is 29.7 Å². The molecule has 0 radical (unpaired) electrons. The Balaban J connectivity index is 1.48. The van der Waals surface area contributed by atoms with Crippen LogP contribution in [0.25, 0.3) is 0 Å². The summed E-state index contributed by atoms with van der Waals surface area (Å²) in [7, 11) is 0. The molecule has 5 atom stereocenters. The molecule has 2 aliphatic heterocycles. The first-order valence-corrected chi connectivity index (χ1v) is 10.6. The van der Waals surface area contributed by atoms with Crippen LogP contribution in [0.1, 0.15) is 26.2 Å². The van der Waals surface area contributed by atoms with Gasteiger partial charge in [-0.3, -0.25) is 15.0 Å². The summed E-state index contributed by atoms with van der Waals surface area (Å²) >= 11 is 0. The van der Waals surface area contributed by atoms with Crippen molar-refractivity contribution in [2.75, 3.05) is 33.0 Å². The van der Waals surface area contributed by atoms with Gasteiger partial charge in [0.15, 0.2) is 6.61 Å². The third kappa shape index (κ3) is 5.33. The van der Waals surface area contributed by atoms with Crippen molar-refractivity contribution < 1.29 is 47.6 Å². The minimum Gasteiger partial charge on any atom is -0.463 e. The van der Waals surface area contributed by atoms with Crippen LogP contribution in [-0.2, 0) is 47.6 Å². The van der Waals surface area contributed by atoms with Gasteiger partial charge < -0.3 is 34.2 Å². The molecule has 5 unspecified atom stereocenters. The van der Waals surface area contributed by atoms with E-state index in [1.807, 2.05) is 0 Å². The molecule has 0 aromatic rings. The van der Waals surface area contributed by atoms with Crippen LogP contribution in [0.3, 0.4) is 0 Å². The second-order valence-corrected chi connectivity index (χ2v) is 8.98. The summed E-state index contributed by atoms with van der Waals surface area (Å²) in [5.74, 6) is -4.78. The molecule has 3 fully saturated rings. The molecule has 2 bridgehead atoms. The fourth-order valence-corrected chi connectivity index (χ4v) is 4.53. The van der Waals surface area contributed by atoms with Crippen molar-refractivity contribution in [3.63, 3.8) is 0 Å². The molecule has 2 aliphatic carbocycles. The summed E-state index contributed by atoms with van der Waals surface area (Å²) in [6.07, 6.45) is 1.98. The van der Waals surface area contributed by atoms with Gasteiger partial charge in [-0.05, 0) is 25.8 Å². The van der Waals surface area contributed by atoms with Gasteiger partial charge in [0.25, 0.3) is 0 Å². The Morgan fingerprint density at radius 3 is 2.36 bits per heavy atom. The van der Waals surface area contributed by atoms with E-state index in [4.69, 9.17) is 34.8 Å². The maximum absolute atomic E-state index is 13.3. The lowest BCUT2D eigenvalue weighted by molar-refractivity contribution is -0.178. The van der Waals surface area contributed by atoms with E-state index in [1.54, 1.807) is 13.0 Å². The van der Waals surface area contributed by atoms with E-state index in [9.17, 15) is 19.2 Å². The number of nitrogens with one attached hydrogen (secondary N) is 1. The summed E-state index contributed by atoms with van der Waals surface area (Å²) in [6, 6.07) is 0. The highest BCUT2D eigenvalue weighted by Crippen LogP contribution is 2.57. The average Bonchev–Trinajstić information content (AvgIpc) is 3.66. The zero-order chi connectivity index (χ0) is 23.8. The monoisotopic (exact) mass is 466 g/mol. The van der Waals surface area contributed by atoms with E-state index in [-0.39, 0.29) is 44.7 Å². The van der Waals surface area contributed by atoms with E-state index < -0.39 is 53.3 Å². The Morgan fingerprint density at radius 2 is 1.76 bits per heavy atom. The summed E-state index contributed by atoms with van der Waals surface area (Å²) in [5, 5.41) is 7.00. The first-order chi connectivity index (χ1) is 15.6. The van der Waals surface area contributed by atoms with Crippen LogP contribution >= 0.6 is 0 Å². The topological polar surface area (TPSA) is 180 Å². The Morgan fingerprint density at radius 1 is 1.12 bits per heavy atom. The van der Waals surface area contributed by atoms with E-state index >= 15 is 0 Å². The van der Waals surface area contributed by atoms with Gasteiger partial charge in [-0.25, -0.2) is 9.59 Å². The molecule has 4 rings (SSSR count). The van der Waals surface area contributed by atoms with Crippen LogP contribution in [-0.4, -0.2) is 80.6 Å². The molecule has 0 amide bonds. The van der Waals surface area contributed by atoms with E-state index in [0.717, 1.165) is 5.57 Å². The van der Waals surface area contributed by atoms with Gasteiger partial charge in [0.2, 0.25) is 5.84 Å². The molecule has 180 valence electrons. The maximum atomic E-state index is 13.3. The van der Waals surface area contributed by atoms with Crippen LogP contribution in [0.4, 0.5) is 0 Å². The molecule has 3 N–H and O–H groups in total. The lowest BCUT2D eigenvalue weighted by Crippen LogP contribution is -2.48. The molecule has 12 nitrogen and oxygen atoms in total. The molecule has 12 heteroatoms. The SMILES string of the molecule is CC1(OC(=O)COC(=O)C(=N)N)C=C2CC(C(=O)OCC3CO3)C(C(=O)OCC3CO3)(C2)C1. The highest BCUT2D eigenvalue weighted by Gasteiger charge is 2.61. The standard InChI is InChI=1S/C21H26N2O10/c1-20(33-15(24)9-31-18(26)16(22)23)3-11-2-14(17(25)30-7-12-5-28-12)21(4-11,10-20)19(27)32-8-13-6-29-13/h3,12-14H,2,4-10H2,1H3,(H3,22,23). The molecular formula is C21H26N2O10. The largest absolute Gasteiger partial charge is 0.463 e. The zero-order valence-electron chi connectivity index (χ0n) is 18.1. The van der Waals surface area contributed by atoms with Crippen LogP contribution in [0.2, 0.25) is 0 Å². The second kappa shape index (κ2) is 8.75. The number of amidine groups is 1. The first kappa shape index (κ1) is 23.2. The first-order valence-electron chi connectivity index (χ1n) is 10.6. The number of esters is 4. The third-order valence-electron chi connectivity index (χ3n) is 6.05. The number of allylic oxidation sites excluding steroid dienone is 1. The van der Waals surface area contributed by atoms with Crippen molar-refractivity contribution in [3.05, 3.63) is 11.6 Å². The number of nitrogens with two attached hydrogens (primary N) is 1.